The van der Waals surface area contributed by atoms with Gasteiger partial charge in [-0.3, -0.25) is 13.8 Å². The summed E-state index contributed by atoms with van der Waals surface area (Å²) in [6.07, 6.45) is 0. The smallest absolute Gasteiger partial charge is 0.238 e. The van der Waals surface area contributed by atoms with Crippen LogP contribution in [0.5, 0.6) is 0 Å². The highest BCUT2D eigenvalue weighted by atomic mass is 31.2. The highest BCUT2D eigenvalue weighted by molar-refractivity contribution is 7.81. The van der Waals surface area contributed by atoms with Crippen LogP contribution in [0.2, 0.25) is 0 Å². The van der Waals surface area contributed by atoms with Gasteiger partial charge in [0.15, 0.2) is 11.6 Å². The molecule has 0 spiro atoms. The Morgan fingerprint density at radius 1 is 0.369 bits per heavy atom. The first-order valence-corrected chi connectivity index (χ1v) is 23.4. The third-order valence-electron chi connectivity index (χ3n) is 12.7. The second-order valence-corrected chi connectivity index (χ2v) is 18.9. The Kier molecular flexibility index (Phi) is 8.35. The van der Waals surface area contributed by atoms with Crippen LogP contribution in [-0.2, 0) is 4.57 Å². The van der Waals surface area contributed by atoms with E-state index in [1.807, 2.05) is 115 Å². The molecular weight excluding hydrogens is 816 g/mol. The van der Waals surface area contributed by atoms with Gasteiger partial charge >= 0.3 is 0 Å². The Labute approximate surface area is 374 Å². The molecule has 0 saturated heterocycles. The van der Waals surface area contributed by atoms with Gasteiger partial charge in [0.2, 0.25) is 13.2 Å². The Hall–Kier alpha value is -8.38. The normalized spacial score (nSPS) is 14.6. The maximum atomic E-state index is 17.2. The summed E-state index contributed by atoms with van der Waals surface area (Å²) < 4.78 is 23.8. The number of hydrogen-bond acceptors (Lipinski definition) is 4. The first kappa shape index (κ1) is 37.2. The molecule has 1 atom stereocenters. The van der Waals surface area contributed by atoms with Crippen molar-refractivity contribution in [2.75, 3.05) is 4.67 Å². The van der Waals surface area contributed by atoms with Gasteiger partial charge in [-0.2, -0.15) is 9.97 Å². The topological polar surface area (TPSA) is 68.8 Å². The fourth-order valence-corrected chi connectivity index (χ4v) is 12.9. The Morgan fingerprint density at radius 3 is 1.42 bits per heavy atom. The molecule has 0 radical (unpaired) electrons. The van der Waals surface area contributed by atoms with E-state index in [1.54, 1.807) is 0 Å². The number of nitrogens with zero attached hydrogens (tertiary/aromatic N) is 6. The highest BCUT2D eigenvalue weighted by Gasteiger charge is 2.44. The fraction of sp³-hybridized carbons (Fsp3) is 0. The van der Waals surface area contributed by atoms with Crippen molar-refractivity contribution in [3.63, 3.8) is 0 Å². The van der Waals surface area contributed by atoms with E-state index in [9.17, 15) is 0 Å². The van der Waals surface area contributed by atoms with E-state index in [-0.39, 0.29) is 0 Å². The van der Waals surface area contributed by atoms with E-state index in [4.69, 9.17) is 15.0 Å². The second-order valence-electron chi connectivity index (χ2n) is 16.4. The number of para-hydroxylation sites is 4. The van der Waals surface area contributed by atoms with Gasteiger partial charge in [-0.15, -0.1) is 0 Å². The van der Waals surface area contributed by atoms with Gasteiger partial charge in [0, 0.05) is 60.2 Å². The molecule has 0 saturated carbocycles. The van der Waals surface area contributed by atoms with Gasteiger partial charge in [-0.05, 0) is 78.4 Å². The van der Waals surface area contributed by atoms with Crippen LogP contribution in [0.1, 0.15) is 0 Å². The molecule has 9 aromatic carbocycles. The van der Waals surface area contributed by atoms with Crippen LogP contribution >= 0.6 is 7.29 Å². The maximum Gasteiger partial charge on any atom is 0.238 e. The van der Waals surface area contributed by atoms with Crippen molar-refractivity contribution in [1.82, 2.24) is 24.1 Å². The van der Waals surface area contributed by atoms with Crippen molar-refractivity contribution in [1.29, 1.82) is 0 Å². The standard InChI is InChI=1S/C57H37N6OP/c64-65(42-28-14-5-15-29-42)54-37-52-46(43-30-16-18-32-49(43)61(52)40-24-10-3-11-25-40)35-48(54)47-34-45-44-31-17-19-33-50(44)62(51(45)36-53(47)63(65)41-26-12-4-13-27-41)57-59-55(38-20-6-1-7-21-38)58-56(60-57)39-22-8-2-9-23-39/h1-37H. The lowest BCUT2D eigenvalue weighted by molar-refractivity contribution is 0.587. The van der Waals surface area contributed by atoms with Crippen LogP contribution in [0.3, 0.4) is 0 Å². The minimum Gasteiger partial charge on any atom is -0.309 e. The van der Waals surface area contributed by atoms with Gasteiger partial charge < -0.3 is 4.57 Å². The first-order valence-electron chi connectivity index (χ1n) is 21.7. The molecule has 1 aliphatic rings. The van der Waals surface area contributed by atoms with Crippen molar-refractivity contribution in [3.05, 3.63) is 224 Å². The largest absolute Gasteiger partial charge is 0.309 e. The minimum atomic E-state index is -3.71. The number of aromatic nitrogens is 5. The molecule has 1 aliphatic heterocycles. The first-order chi connectivity index (χ1) is 32.1. The number of benzene rings is 9. The van der Waals surface area contributed by atoms with E-state index >= 15 is 4.57 Å². The quantitative estimate of drug-likeness (QED) is 0.156. The molecular formula is C57H37N6OP. The number of fused-ring (bicyclic) bond motifs is 9. The zero-order chi connectivity index (χ0) is 43.1. The van der Waals surface area contributed by atoms with E-state index in [1.165, 1.54) is 0 Å². The SMILES string of the molecule is O=P1(c2ccccc2)c2cc3c(cc2-c2cc4c5ccccc5n(-c5nc(-c6ccccc6)nc(-c6ccccc6)n5)c4cc2N1c1ccccc1)c1ccccc1n3-c1ccccc1. The molecule has 13 rings (SSSR count). The van der Waals surface area contributed by atoms with Crippen LogP contribution < -0.4 is 15.3 Å². The average molecular weight is 853 g/mol. The van der Waals surface area contributed by atoms with Gasteiger partial charge in [0.25, 0.3) is 0 Å². The third kappa shape index (κ3) is 5.69. The summed E-state index contributed by atoms with van der Waals surface area (Å²) in [4.78, 5) is 15.5. The molecule has 0 amide bonds. The zero-order valence-corrected chi connectivity index (χ0v) is 35.8. The average Bonchev–Trinajstić information content (AvgIpc) is 3.88. The Bertz CT molecular complexity index is 3800. The molecule has 8 heteroatoms. The maximum absolute atomic E-state index is 17.2. The fourth-order valence-electron chi connectivity index (χ4n) is 9.85. The molecule has 0 bridgehead atoms. The summed E-state index contributed by atoms with van der Waals surface area (Å²) >= 11 is 0. The monoisotopic (exact) mass is 852 g/mol. The van der Waals surface area contributed by atoms with Crippen LogP contribution in [0, 0.1) is 0 Å². The summed E-state index contributed by atoms with van der Waals surface area (Å²) in [5.41, 5.74) is 10.4. The molecule has 65 heavy (non-hydrogen) atoms. The summed E-state index contributed by atoms with van der Waals surface area (Å²) in [5, 5.41) is 5.84. The van der Waals surface area contributed by atoms with E-state index < -0.39 is 7.29 Å². The predicted molar refractivity (Wildman–Crippen MR) is 267 cm³/mol. The predicted octanol–water partition coefficient (Wildman–Crippen LogP) is 13.4. The van der Waals surface area contributed by atoms with Crippen molar-refractivity contribution in [2.45, 2.75) is 0 Å². The Balaban J connectivity index is 1.17. The van der Waals surface area contributed by atoms with Crippen molar-refractivity contribution in [3.8, 4) is 45.5 Å². The van der Waals surface area contributed by atoms with Crippen LogP contribution in [-0.4, -0.2) is 24.1 Å². The van der Waals surface area contributed by atoms with Gasteiger partial charge in [0.05, 0.1) is 27.8 Å². The zero-order valence-electron chi connectivity index (χ0n) is 34.9. The molecule has 3 aromatic heterocycles. The number of hydrogen-bond donors (Lipinski definition) is 0. The molecule has 306 valence electrons. The van der Waals surface area contributed by atoms with Gasteiger partial charge in [-0.1, -0.05) is 152 Å². The van der Waals surface area contributed by atoms with Crippen LogP contribution in [0.4, 0.5) is 11.4 Å². The van der Waals surface area contributed by atoms with Gasteiger partial charge in [0.1, 0.15) is 0 Å². The molecule has 4 heterocycles. The number of rotatable bonds is 6. The second kappa shape index (κ2) is 14.6. The molecule has 0 aliphatic carbocycles. The summed E-state index contributed by atoms with van der Waals surface area (Å²) in [5.74, 6) is 1.64. The highest BCUT2D eigenvalue weighted by Crippen LogP contribution is 2.62. The lowest BCUT2D eigenvalue weighted by atomic mass is 9.97. The summed E-state index contributed by atoms with van der Waals surface area (Å²) in [7, 11) is -3.71. The molecule has 0 N–H and O–H groups in total. The molecule has 7 nitrogen and oxygen atoms in total. The molecule has 1 unspecified atom stereocenters. The summed E-state index contributed by atoms with van der Waals surface area (Å²) in [6.45, 7) is 0. The van der Waals surface area contributed by atoms with E-state index in [0.29, 0.717) is 17.6 Å². The molecule has 0 fully saturated rings. The van der Waals surface area contributed by atoms with E-state index in [0.717, 1.165) is 93.5 Å². The van der Waals surface area contributed by atoms with Crippen molar-refractivity contribution >= 4 is 72.9 Å². The van der Waals surface area contributed by atoms with Crippen molar-refractivity contribution < 1.29 is 4.57 Å². The van der Waals surface area contributed by atoms with Crippen molar-refractivity contribution in [2.24, 2.45) is 0 Å². The van der Waals surface area contributed by atoms with E-state index in [2.05, 4.69) is 123 Å². The molecule has 12 aromatic rings. The lowest BCUT2D eigenvalue weighted by Gasteiger charge is -2.40. The Morgan fingerprint density at radius 2 is 0.831 bits per heavy atom. The minimum absolute atomic E-state index is 0.494. The van der Waals surface area contributed by atoms with Crippen LogP contribution in [0.15, 0.2) is 224 Å². The third-order valence-corrected chi connectivity index (χ3v) is 15.7. The van der Waals surface area contributed by atoms with Crippen LogP contribution in [0.25, 0.3) is 89.2 Å². The number of anilines is 2. The lowest BCUT2D eigenvalue weighted by Crippen LogP contribution is -2.33. The summed E-state index contributed by atoms with van der Waals surface area (Å²) in [6, 6.07) is 76.7. The van der Waals surface area contributed by atoms with Gasteiger partial charge in [-0.25, -0.2) is 4.98 Å².